The molecular weight excluding hydrogens is 679 g/mol. The third-order valence-electron chi connectivity index (χ3n) is 15.3. The zero-order valence-corrected chi connectivity index (χ0v) is 33.6. The number of rotatable bonds is 7. The number of aliphatic hydroxyl groups is 3. The molecule has 3 N–H and O–H groups in total. The van der Waals surface area contributed by atoms with Crippen molar-refractivity contribution in [2.45, 2.75) is 136 Å². The minimum Gasteiger partial charge on any atom is -0.462 e. The second kappa shape index (κ2) is 12.1. The SMILES string of the molecule is C=C(C)[C@H]1C(=O)c2c3c(cc4c5c(n1c24)[C@@]1(C)C(CC[C@H]2[C@](C)(/C=C/C=C(\C)C(=O)OCCCO)[C@@H](O)CC[C@@]21C)C5)C1=CC(C)(C)OC(C)(C)C1[C@@H]3O. The van der Waals surface area contributed by atoms with E-state index in [9.17, 15) is 19.8 Å². The van der Waals surface area contributed by atoms with Gasteiger partial charge in [0.1, 0.15) is 6.04 Å². The van der Waals surface area contributed by atoms with Crippen LogP contribution in [-0.4, -0.2) is 62.2 Å². The molecule has 9 atom stereocenters. The first-order valence-corrected chi connectivity index (χ1v) is 20.1. The molecule has 2 saturated carbocycles. The average Bonchev–Trinajstić information content (AvgIpc) is 3.75. The highest BCUT2D eigenvalue weighted by atomic mass is 16.5. The van der Waals surface area contributed by atoms with Crippen LogP contribution in [0.15, 0.2) is 48.1 Å². The van der Waals surface area contributed by atoms with Crippen molar-refractivity contribution in [3.8, 4) is 0 Å². The second-order valence-electron chi connectivity index (χ2n) is 19.2. The van der Waals surface area contributed by atoms with Crippen LogP contribution in [0.1, 0.15) is 139 Å². The van der Waals surface area contributed by atoms with Crippen LogP contribution in [0.2, 0.25) is 0 Å². The Morgan fingerprint density at radius 3 is 2.50 bits per heavy atom. The summed E-state index contributed by atoms with van der Waals surface area (Å²) in [6.45, 7) is 23.5. The predicted molar refractivity (Wildman–Crippen MR) is 210 cm³/mol. The number of benzene rings is 1. The van der Waals surface area contributed by atoms with Crippen molar-refractivity contribution in [3.05, 3.63) is 76.0 Å². The maximum Gasteiger partial charge on any atom is 0.333 e. The van der Waals surface area contributed by atoms with E-state index in [1.807, 2.05) is 13.0 Å². The lowest BCUT2D eigenvalue weighted by Crippen LogP contribution is -2.62. The molecule has 2 aromatic rings. The largest absolute Gasteiger partial charge is 0.462 e. The highest BCUT2D eigenvalue weighted by molar-refractivity contribution is 6.18. The Balaban J connectivity index is 1.28. The van der Waals surface area contributed by atoms with E-state index >= 15 is 0 Å². The first kappa shape index (κ1) is 37.6. The number of carbonyl (C=O) groups is 2. The molecule has 6 aliphatic rings. The number of hydrogen-bond donors (Lipinski definition) is 3. The van der Waals surface area contributed by atoms with E-state index in [0.717, 1.165) is 58.9 Å². The minimum absolute atomic E-state index is 0.0203. The molecule has 2 fully saturated rings. The van der Waals surface area contributed by atoms with Crippen molar-refractivity contribution in [3.63, 3.8) is 0 Å². The molecule has 1 aromatic carbocycles. The summed E-state index contributed by atoms with van der Waals surface area (Å²) in [5, 5.41) is 34.2. The molecule has 8 nitrogen and oxygen atoms in total. The van der Waals surface area contributed by atoms with Crippen LogP contribution in [-0.2, 0) is 26.1 Å². The summed E-state index contributed by atoms with van der Waals surface area (Å²) >= 11 is 0. The van der Waals surface area contributed by atoms with Crippen LogP contribution >= 0.6 is 0 Å². The van der Waals surface area contributed by atoms with Gasteiger partial charge in [0.25, 0.3) is 0 Å². The van der Waals surface area contributed by atoms with Gasteiger partial charge in [-0.15, -0.1) is 0 Å². The van der Waals surface area contributed by atoms with Crippen LogP contribution in [0.25, 0.3) is 16.5 Å². The number of nitrogens with zero attached hydrogens (tertiary/aromatic N) is 1. The molecule has 290 valence electrons. The Kier molecular flexibility index (Phi) is 8.43. The third kappa shape index (κ3) is 4.81. The number of allylic oxidation sites excluding steroid dienone is 3. The molecule has 0 spiro atoms. The Bertz CT molecular complexity index is 2100. The average molecular weight is 738 g/mol. The van der Waals surface area contributed by atoms with Gasteiger partial charge in [-0.05, 0) is 120 Å². The molecule has 2 unspecified atom stereocenters. The van der Waals surface area contributed by atoms with Crippen LogP contribution in [0.5, 0.6) is 0 Å². The monoisotopic (exact) mass is 737 g/mol. The van der Waals surface area contributed by atoms with Crippen molar-refractivity contribution >= 4 is 28.2 Å². The summed E-state index contributed by atoms with van der Waals surface area (Å²) in [6.07, 6.45) is 11.3. The van der Waals surface area contributed by atoms with Gasteiger partial charge in [0.05, 0.1) is 41.1 Å². The summed E-state index contributed by atoms with van der Waals surface area (Å²) < 4.78 is 14.2. The summed E-state index contributed by atoms with van der Waals surface area (Å²) in [4.78, 5) is 27.5. The van der Waals surface area contributed by atoms with Gasteiger partial charge < -0.3 is 29.4 Å². The quantitative estimate of drug-likeness (QED) is 0.0866. The maximum atomic E-state index is 14.9. The molecule has 0 bridgehead atoms. The summed E-state index contributed by atoms with van der Waals surface area (Å²) in [5.41, 5.74) is 6.02. The highest BCUT2D eigenvalue weighted by Gasteiger charge is 2.67. The number of hydrogen-bond acceptors (Lipinski definition) is 7. The van der Waals surface area contributed by atoms with Gasteiger partial charge in [-0.2, -0.15) is 0 Å². The molecule has 54 heavy (non-hydrogen) atoms. The number of ketones is 1. The molecule has 8 rings (SSSR count). The third-order valence-corrected chi connectivity index (χ3v) is 15.3. The Morgan fingerprint density at radius 2 is 1.81 bits per heavy atom. The Hall–Kier alpha value is -3.30. The number of Topliss-reactive ketones (excluding diaryl/α,β-unsaturated/α-hetero) is 1. The van der Waals surface area contributed by atoms with Crippen molar-refractivity contribution in [2.75, 3.05) is 13.2 Å². The first-order valence-electron chi connectivity index (χ1n) is 20.1. The molecule has 0 radical (unpaired) electrons. The molecule has 0 amide bonds. The van der Waals surface area contributed by atoms with E-state index in [-0.39, 0.29) is 41.7 Å². The van der Waals surface area contributed by atoms with E-state index in [0.29, 0.717) is 29.9 Å². The normalized spacial score (nSPS) is 37.1. The van der Waals surface area contributed by atoms with Crippen LogP contribution in [0, 0.1) is 28.6 Å². The zero-order valence-electron chi connectivity index (χ0n) is 33.6. The van der Waals surface area contributed by atoms with Crippen LogP contribution in [0.4, 0.5) is 0 Å². The van der Waals surface area contributed by atoms with E-state index in [2.05, 4.69) is 77.8 Å². The summed E-state index contributed by atoms with van der Waals surface area (Å²) in [6, 6.07) is 1.75. The summed E-state index contributed by atoms with van der Waals surface area (Å²) in [5.74, 6) is -0.166. The fraction of sp³-hybridized carbons (Fsp3) is 0.609. The molecule has 3 heterocycles. The van der Waals surface area contributed by atoms with Crippen molar-refractivity contribution in [2.24, 2.45) is 28.6 Å². The van der Waals surface area contributed by atoms with Crippen molar-refractivity contribution in [1.29, 1.82) is 0 Å². The number of esters is 1. The molecule has 2 aliphatic heterocycles. The standard InChI is InChI=1S/C46H59NO7/c1-24(2)36-39(51)34-33-27(30-23-42(4,5)54-43(6,7)35(30)38(33)50)22-28-29-21-26-14-15-31-44(8,17-11-13-25(3)41(52)53-20-12-19-48)32(49)16-18-45(31,9)46(26,10)40(29)47(36)37(28)34/h11,13,17,22-23,26,31-32,35-36,38,48-50H,1,12,14-16,18-21H2,2-10H3/b17-11+,25-13+/t26?,31-,32-,35?,36-,38+,44-,45-,46+/m0/s1. The molecular formula is C46H59NO7. The Labute approximate surface area is 320 Å². The van der Waals surface area contributed by atoms with Gasteiger partial charge in [-0.3, -0.25) is 4.79 Å². The van der Waals surface area contributed by atoms with Gasteiger partial charge in [0, 0.05) is 52.0 Å². The highest BCUT2D eigenvalue weighted by Crippen LogP contribution is 2.71. The molecule has 0 saturated heterocycles. The first-order chi connectivity index (χ1) is 25.2. The lowest BCUT2D eigenvalue weighted by molar-refractivity contribution is -0.144. The fourth-order valence-corrected chi connectivity index (χ4v) is 12.9. The smallest absolute Gasteiger partial charge is 0.333 e. The van der Waals surface area contributed by atoms with Gasteiger partial charge in [0.15, 0.2) is 5.78 Å². The molecule has 4 aliphatic carbocycles. The van der Waals surface area contributed by atoms with Crippen LogP contribution in [0.3, 0.4) is 0 Å². The zero-order chi connectivity index (χ0) is 39.1. The second-order valence-corrected chi connectivity index (χ2v) is 19.2. The van der Waals surface area contributed by atoms with E-state index in [4.69, 9.17) is 14.6 Å². The molecule has 1 aromatic heterocycles. The van der Waals surface area contributed by atoms with E-state index < -0.39 is 40.8 Å². The minimum atomic E-state index is -0.866. The Morgan fingerprint density at radius 1 is 1.09 bits per heavy atom. The van der Waals surface area contributed by atoms with Crippen molar-refractivity contribution in [1.82, 2.24) is 4.57 Å². The lowest BCUT2D eigenvalue weighted by atomic mass is 9.40. The van der Waals surface area contributed by atoms with Crippen molar-refractivity contribution < 1.29 is 34.4 Å². The van der Waals surface area contributed by atoms with Gasteiger partial charge in [-0.25, -0.2) is 4.79 Å². The van der Waals surface area contributed by atoms with E-state index in [1.165, 1.54) is 11.3 Å². The van der Waals surface area contributed by atoms with Gasteiger partial charge in [-0.1, -0.05) is 51.2 Å². The number of carbonyl (C=O) groups excluding carboxylic acids is 2. The van der Waals surface area contributed by atoms with Crippen LogP contribution < -0.4 is 0 Å². The molecule has 8 heteroatoms. The predicted octanol–water partition coefficient (Wildman–Crippen LogP) is 8.02. The fourth-order valence-electron chi connectivity index (χ4n) is 12.9. The lowest BCUT2D eigenvalue weighted by Gasteiger charge is -2.64. The maximum absolute atomic E-state index is 14.9. The number of fused-ring (bicyclic) bond motifs is 11. The summed E-state index contributed by atoms with van der Waals surface area (Å²) in [7, 11) is 0. The van der Waals surface area contributed by atoms with E-state index in [1.54, 1.807) is 13.0 Å². The number of aromatic nitrogens is 1. The van der Waals surface area contributed by atoms with Gasteiger partial charge >= 0.3 is 5.97 Å². The van der Waals surface area contributed by atoms with Gasteiger partial charge in [0.2, 0.25) is 0 Å². The number of ether oxygens (including phenoxy) is 2. The number of aliphatic hydroxyl groups excluding tert-OH is 3. The topological polar surface area (TPSA) is 118 Å².